The van der Waals surface area contributed by atoms with Crippen LogP contribution in [-0.4, -0.2) is 43.2 Å². The second-order valence-electron chi connectivity index (χ2n) is 8.75. The second kappa shape index (κ2) is 8.14. The van der Waals surface area contributed by atoms with Gasteiger partial charge in [0.25, 0.3) is 0 Å². The number of benzene rings is 2. The van der Waals surface area contributed by atoms with Crippen LogP contribution in [0.25, 0.3) is 11.1 Å². The van der Waals surface area contributed by atoms with Gasteiger partial charge in [-0.1, -0.05) is 55.7 Å². The molecule has 1 saturated heterocycles. The molecular formula is C25H30N2O3. The maximum absolute atomic E-state index is 14.0. The van der Waals surface area contributed by atoms with Crippen LogP contribution >= 0.6 is 0 Å². The molecule has 0 radical (unpaired) electrons. The highest BCUT2D eigenvalue weighted by Gasteiger charge is 2.54. The lowest BCUT2D eigenvalue weighted by atomic mass is 9.66. The fourth-order valence-corrected chi connectivity index (χ4v) is 5.39. The third kappa shape index (κ3) is 3.25. The summed E-state index contributed by atoms with van der Waals surface area (Å²) < 4.78 is 12.4. The van der Waals surface area contributed by atoms with E-state index in [-0.39, 0.29) is 12.0 Å². The monoisotopic (exact) mass is 406 g/mol. The first-order valence-electron chi connectivity index (χ1n) is 11.2. The Morgan fingerprint density at radius 2 is 1.67 bits per heavy atom. The van der Waals surface area contributed by atoms with E-state index in [4.69, 9.17) is 15.2 Å². The standard InChI is InChI=1S/C25H30N2O3/c26-17-18-7-9-19(10-8-18)20-5-4-6-21-22(20)30-24(27-13-15-29-16-14-27)25(23(21)28)11-2-1-3-12-25/h4-10,24H,1-3,11-17,26H2. The van der Waals surface area contributed by atoms with Crippen LogP contribution in [0.2, 0.25) is 0 Å². The van der Waals surface area contributed by atoms with Crippen LogP contribution in [0.5, 0.6) is 5.75 Å². The van der Waals surface area contributed by atoms with Gasteiger partial charge in [-0.3, -0.25) is 9.69 Å². The molecule has 1 aliphatic carbocycles. The summed E-state index contributed by atoms with van der Waals surface area (Å²) in [6.07, 6.45) is 4.97. The van der Waals surface area contributed by atoms with Gasteiger partial charge in [-0.2, -0.15) is 0 Å². The number of rotatable bonds is 3. The molecule has 5 rings (SSSR count). The molecular weight excluding hydrogens is 376 g/mol. The lowest BCUT2D eigenvalue weighted by Gasteiger charge is -2.50. The van der Waals surface area contributed by atoms with E-state index in [1.807, 2.05) is 24.3 Å². The normalized spacial score (nSPS) is 23.8. The van der Waals surface area contributed by atoms with Gasteiger partial charge in [-0.05, 0) is 30.0 Å². The van der Waals surface area contributed by atoms with E-state index in [1.165, 1.54) is 6.42 Å². The molecule has 0 amide bonds. The largest absolute Gasteiger partial charge is 0.473 e. The molecule has 2 fully saturated rings. The minimum Gasteiger partial charge on any atom is -0.473 e. The van der Waals surface area contributed by atoms with Crippen molar-refractivity contribution in [1.82, 2.24) is 4.90 Å². The molecule has 2 aromatic carbocycles. The summed E-state index contributed by atoms with van der Waals surface area (Å²) in [7, 11) is 0. The number of nitrogens with two attached hydrogens (primary N) is 1. The molecule has 1 saturated carbocycles. The van der Waals surface area contributed by atoms with Crippen molar-refractivity contribution in [3.05, 3.63) is 53.6 Å². The van der Waals surface area contributed by atoms with Crippen LogP contribution in [0.3, 0.4) is 0 Å². The number of ketones is 1. The van der Waals surface area contributed by atoms with E-state index in [2.05, 4.69) is 23.1 Å². The van der Waals surface area contributed by atoms with Crippen molar-refractivity contribution >= 4 is 5.78 Å². The number of morpholine rings is 1. The summed E-state index contributed by atoms with van der Waals surface area (Å²) in [5, 5.41) is 0. The smallest absolute Gasteiger partial charge is 0.177 e. The number of fused-ring (bicyclic) bond motifs is 1. The molecule has 2 aliphatic heterocycles. The van der Waals surface area contributed by atoms with Gasteiger partial charge in [0.2, 0.25) is 0 Å². The van der Waals surface area contributed by atoms with Gasteiger partial charge in [0.15, 0.2) is 12.0 Å². The third-order valence-corrected chi connectivity index (χ3v) is 7.04. The highest BCUT2D eigenvalue weighted by Crippen LogP contribution is 2.51. The number of nitrogens with zero attached hydrogens (tertiary/aromatic N) is 1. The number of carbonyl (C=O) groups excluding carboxylic acids is 1. The summed E-state index contributed by atoms with van der Waals surface area (Å²) in [5.41, 5.74) is 9.18. The summed E-state index contributed by atoms with van der Waals surface area (Å²) in [4.78, 5) is 16.3. The fraction of sp³-hybridized carbons (Fsp3) is 0.480. The summed E-state index contributed by atoms with van der Waals surface area (Å²) in [5.74, 6) is 0.996. The molecule has 5 heteroatoms. The van der Waals surface area contributed by atoms with E-state index in [0.717, 1.165) is 66.8 Å². The summed E-state index contributed by atoms with van der Waals surface area (Å²) in [6.45, 7) is 3.52. The van der Waals surface area contributed by atoms with Crippen LogP contribution < -0.4 is 10.5 Å². The Balaban J connectivity index is 1.60. The number of carbonyl (C=O) groups is 1. The number of ether oxygens (including phenoxy) is 2. The van der Waals surface area contributed by atoms with Crippen LogP contribution in [-0.2, 0) is 11.3 Å². The Hall–Kier alpha value is -2.21. The Bertz CT molecular complexity index is 912. The fourth-order valence-electron chi connectivity index (χ4n) is 5.39. The maximum atomic E-state index is 14.0. The Kier molecular flexibility index (Phi) is 5.35. The minimum absolute atomic E-state index is 0.217. The zero-order valence-corrected chi connectivity index (χ0v) is 17.4. The van der Waals surface area contributed by atoms with Gasteiger partial charge in [-0.15, -0.1) is 0 Å². The van der Waals surface area contributed by atoms with Gasteiger partial charge in [-0.25, -0.2) is 0 Å². The first kappa shape index (κ1) is 19.7. The molecule has 1 spiro atoms. The van der Waals surface area contributed by atoms with E-state index in [1.54, 1.807) is 0 Å². The molecule has 0 bridgehead atoms. The van der Waals surface area contributed by atoms with Crippen LogP contribution in [0.4, 0.5) is 0 Å². The average molecular weight is 407 g/mol. The first-order valence-corrected chi connectivity index (χ1v) is 11.2. The van der Waals surface area contributed by atoms with Crippen molar-refractivity contribution in [2.45, 2.75) is 44.9 Å². The van der Waals surface area contributed by atoms with Crippen LogP contribution in [0, 0.1) is 5.41 Å². The van der Waals surface area contributed by atoms with Gasteiger partial charge < -0.3 is 15.2 Å². The van der Waals surface area contributed by atoms with Crippen LogP contribution in [0.15, 0.2) is 42.5 Å². The van der Waals surface area contributed by atoms with Gasteiger partial charge in [0, 0.05) is 25.2 Å². The SMILES string of the molecule is NCc1ccc(-c2cccc3c2OC(N2CCOCC2)C2(CCCCC2)C3=O)cc1. The Morgan fingerprint density at radius 3 is 2.37 bits per heavy atom. The average Bonchev–Trinajstić information content (AvgIpc) is 2.82. The molecule has 0 aromatic heterocycles. The molecule has 2 heterocycles. The van der Waals surface area contributed by atoms with E-state index < -0.39 is 5.41 Å². The Morgan fingerprint density at radius 1 is 0.967 bits per heavy atom. The van der Waals surface area contributed by atoms with Gasteiger partial charge >= 0.3 is 0 Å². The summed E-state index contributed by atoms with van der Waals surface area (Å²) >= 11 is 0. The van der Waals surface area contributed by atoms with Gasteiger partial charge in [0.1, 0.15) is 5.75 Å². The summed E-state index contributed by atoms with van der Waals surface area (Å²) in [6, 6.07) is 14.2. The molecule has 2 aromatic rings. The maximum Gasteiger partial charge on any atom is 0.177 e. The Labute approximate surface area is 178 Å². The second-order valence-corrected chi connectivity index (χ2v) is 8.75. The van der Waals surface area contributed by atoms with Crippen molar-refractivity contribution < 1.29 is 14.3 Å². The van der Waals surface area contributed by atoms with Crippen molar-refractivity contribution in [2.24, 2.45) is 11.1 Å². The highest BCUT2D eigenvalue weighted by atomic mass is 16.5. The lowest BCUT2D eigenvalue weighted by Crippen LogP contribution is -2.60. The predicted octanol–water partition coefficient (Wildman–Crippen LogP) is 4.00. The predicted molar refractivity (Wildman–Crippen MR) is 116 cm³/mol. The van der Waals surface area contributed by atoms with Crippen molar-refractivity contribution in [3.63, 3.8) is 0 Å². The molecule has 1 unspecified atom stereocenters. The van der Waals surface area contributed by atoms with E-state index >= 15 is 0 Å². The molecule has 1 atom stereocenters. The lowest BCUT2D eigenvalue weighted by molar-refractivity contribution is -0.110. The van der Waals surface area contributed by atoms with E-state index in [9.17, 15) is 4.79 Å². The molecule has 5 nitrogen and oxygen atoms in total. The first-order chi connectivity index (χ1) is 14.7. The van der Waals surface area contributed by atoms with Gasteiger partial charge in [0.05, 0.1) is 24.2 Å². The molecule has 30 heavy (non-hydrogen) atoms. The van der Waals surface area contributed by atoms with E-state index in [0.29, 0.717) is 19.8 Å². The third-order valence-electron chi connectivity index (χ3n) is 7.04. The zero-order chi connectivity index (χ0) is 20.6. The number of hydrogen-bond donors (Lipinski definition) is 1. The van der Waals surface area contributed by atoms with Crippen LogP contribution in [0.1, 0.15) is 48.0 Å². The highest BCUT2D eigenvalue weighted by molar-refractivity contribution is 6.06. The van der Waals surface area contributed by atoms with Crippen molar-refractivity contribution in [1.29, 1.82) is 0 Å². The molecule has 2 N–H and O–H groups in total. The molecule has 3 aliphatic rings. The van der Waals surface area contributed by atoms with Crippen molar-refractivity contribution in [3.8, 4) is 16.9 Å². The minimum atomic E-state index is -0.440. The zero-order valence-electron chi connectivity index (χ0n) is 17.4. The van der Waals surface area contributed by atoms with Crippen molar-refractivity contribution in [2.75, 3.05) is 26.3 Å². The number of Topliss-reactive ketones (excluding diaryl/α,β-unsaturated/α-hetero) is 1. The quantitative estimate of drug-likeness (QED) is 0.835. The number of para-hydroxylation sites is 1. The number of hydrogen-bond acceptors (Lipinski definition) is 5. The molecule has 158 valence electrons. The topological polar surface area (TPSA) is 64.8 Å².